The van der Waals surface area contributed by atoms with Gasteiger partial charge in [-0.3, -0.25) is 4.79 Å². The summed E-state index contributed by atoms with van der Waals surface area (Å²) in [4.78, 5) is 35.8. The van der Waals surface area contributed by atoms with Gasteiger partial charge >= 0.3 is 12.0 Å². The van der Waals surface area contributed by atoms with E-state index in [9.17, 15) is 19.5 Å². The molecule has 7 heteroatoms. The van der Waals surface area contributed by atoms with Crippen molar-refractivity contribution in [1.29, 1.82) is 0 Å². The van der Waals surface area contributed by atoms with Crippen LogP contribution in [0.3, 0.4) is 0 Å². The molecule has 0 aliphatic rings. The summed E-state index contributed by atoms with van der Waals surface area (Å²) >= 11 is 0. The first-order valence-electron chi connectivity index (χ1n) is 8.55. The molecule has 2 aromatic rings. The molecule has 0 aromatic heterocycles. The van der Waals surface area contributed by atoms with E-state index in [-0.39, 0.29) is 11.5 Å². The van der Waals surface area contributed by atoms with Gasteiger partial charge in [0, 0.05) is 16.9 Å². The molecule has 0 fully saturated rings. The van der Waals surface area contributed by atoms with Gasteiger partial charge in [-0.05, 0) is 42.7 Å². The van der Waals surface area contributed by atoms with Gasteiger partial charge in [0.25, 0.3) is 5.91 Å². The quantitative estimate of drug-likeness (QED) is 0.625. The second kappa shape index (κ2) is 8.84. The number of carboxylic acid groups (broad SMARTS) is 1. The second-order valence-corrected chi connectivity index (χ2v) is 6.51. The number of aliphatic carboxylic acids is 1. The third kappa shape index (κ3) is 5.57. The largest absolute Gasteiger partial charge is 0.480 e. The average molecular weight is 369 g/mol. The van der Waals surface area contributed by atoms with Crippen LogP contribution in [0, 0.1) is 12.8 Å². The molecule has 2 rings (SSSR count). The Morgan fingerprint density at radius 1 is 0.963 bits per heavy atom. The maximum atomic E-state index is 12.4. The Kier molecular flexibility index (Phi) is 6.54. The normalized spacial score (nSPS) is 11.6. The van der Waals surface area contributed by atoms with Crippen LogP contribution in [0.2, 0.25) is 0 Å². The van der Waals surface area contributed by atoms with Gasteiger partial charge in [0.1, 0.15) is 6.04 Å². The van der Waals surface area contributed by atoms with Crippen molar-refractivity contribution in [3.63, 3.8) is 0 Å². The first-order valence-corrected chi connectivity index (χ1v) is 8.55. The average Bonchev–Trinajstić information content (AvgIpc) is 2.61. The monoisotopic (exact) mass is 369 g/mol. The Balaban J connectivity index is 2.12. The summed E-state index contributed by atoms with van der Waals surface area (Å²) in [6.07, 6.45) is 0. The second-order valence-electron chi connectivity index (χ2n) is 6.51. The summed E-state index contributed by atoms with van der Waals surface area (Å²) in [5, 5.41) is 17.1. The molecule has 3 amide bonds. The van der Waals surface area contributed by atoms with Crippen molar-refractivity contribution in [2.75, 3.05) is 10.6 Å². The lowest BCUT2D eigenvalue weighted by molar-refractivity contribution is -0.140. The van der Waals surface area contributed by atoms with Crippen LogP contribution in [0.25, 0.3) is 0 Å². The molecule has 0 heterocycles. The van der Waals surface area contributed by atoms with Crippen LogP contribution in [0.5, 0.6) is 0 Å². The molecule has 0 bridgehead atoms. The summed E-state index contributed by atoms with van der Waals surface area (Å²) < 4.78 is 0. The number of amides is 3. The zero-order chi connectivity index (χ0) is 20.0. The first-order chi connectivity index (χ1) is 12.8. The highest BCUT2D eigenvalue weighted by Gasteiger charge is 2.24. The maximum Gasteiger partial charge on any atom is 0.326 e. The fourth-order valence-electron chi connectivity index (χ4n) is 2.44. The Morgan fingerprint density at radius 2 is 1.63 bits per heavy atom. The number of benzene rings is 2. The van der Waals surface area contributed by atoms with E-state index in [0.717, 1.165) is 5.56 Å². The highest BCUT2D eigenvalue weighted by Crippen LogP contribution is 2.18. The molecule has 0 radical (unpaired) electrons. The summed E-state index contributed by atoms with van der Waals surface area (Å²) in [5.74, 6) is -1.86. The lowest BCUT2D eigenvalue weighted by atomic mass is 10.0. The summed E-state index contributed by atoms with van der Waals surface area (Å²) in [6.45, 7) is 5.23. The van der Waals surface area contributed by atoms with Crippen LogP contribution in [0.1, 0.15) is 29.8 Å². The van der Waals surface area contributed by atoms with Crippen LogP contribution in [0.4, 0.5) is 16.2 Å². The highest BCUT2D eigenvalue weighted by atomic mass is 16.4. The van der Waals surface area contributed by atoms with Crippen molar-refractivity contribution in [3.05, 3.63) is 59.7 Å². The van der Waals surface area contributed by atoms with Gasteiger partial charge in [0.15, 0.2) is 0 Å². The van der Waals surface area contributed by atoms with E-state index in [1.807, 2.05) is 6.07 Å². The van der Waals surface area contributed by atoms with Crippen molar-refractivity contribution >= 4 is 29.3 Å². The topological polar surface area (TPSA) is 108 Å². The van der Waals surface area contributed by atoms with E-state index in [2.05, 4.69) is 16.0 Å². The summed E-state index contributed by atoms with van der Waals surface area (Å²) in [5.41, 5.74) is 2.14. The number of carbonyl (C=O) groups is 3. The molecular weight excluding hydrogens is 346 g/mol. The molecule has 4 N–H and O–H groups in total. The number of hydrogen-bond acceptors (Lipinski definition) is 3. The third-order valence-electron chi connectivity index (χ3n) is 4.00. The number of anilines is 2. The number of carbonyl (C=O) groups excluding carboxylic acids is 2. The van der Waals surface area contributed by atoms with Crippen LogP contribution in [0.15, 0.2) is 48.5 Å². The molecule has 142 valence electrons. The molecule has 2 aromatic carbocycles. The highest BCUT2D eigenvalue weighted by molar-refractivity contribution is 6.02. The molecule has 0 aliphatic heterocycles. The van der Waals surface area contributed by atoms with Gasteiger partial charge in [-0.2, -0.15) is 0 Å². The number of hydrogen-bond donors (Lipinski definition) is 4. The molecule has 0 saturated heterocycles. The molecule has 1 atom stereocenters. The van der Waals surface area contributed by atoms with Gasteiger partial charge in [0.05, 0.1) is 0 Å². The number of nitrogens with one attached hydrogen (secondary N) is 3. The fraction of sp³-hybridized carbons (Fsp3) is 0.250. The summed E-state index contributed by atoms with van der Waals surface area (Å²) in [7, 11) is 0. The van der Waals surface area contributed by atoms with Crippen molar-refractivity contribution < 1.29 is 19.5 Å². The lowest BCUT2D eigenvalue weighted by Crippen LogP contribution is -2.44. The van der Waals surface area contributed by atoms with Crippen molar-refractivity contribution in [3.8, 4) is 0 Å². The zero-order valence-electron chi connectivity index (χ0n) is 15.4. The van der Waals surface area contributed by atoms with Crippen LogP contribution in [-0.2, 0) is 4.79 Å². The van der Waals surface area contributed by atoms with Crippen LogP contribution in [-0.4, -0.2) is 29.1 Å². The predicted molar refractivity (Wildman–Crippen MR) is 104 cm³/mol. The van der Waals surface area contributed by atoms with E-state index in [1.54, 1.807) is 57.2 Å². The van der Waals surface area contributed by atoms with E-state index in [1.165, 1.54) is 6.07 Å². The van der Waals surface area contributed by atoms with Gasteiger partial charge < -0.3 is 21.1 Å². The van der Waals surface area contributed by atoms with Crippen LogP contribution >= 0.6 is 0 Å². The molecule has 0 aliphatic carbocycles. The van der Waals surface area contributed by atoms with Crippen molar-refractivity contribution in [2.24, 2.45) is 5.92 Å². The SMILES string of the molecule is Cc1ccc(C(=O)N[C@H](C(=O)O)C(C)C)cc1NC(=O)Nc1ccccc1. The van der Waals surface area contributed by atoms with E-state index in [4.69, 9.17) is 0 Å². The Labute approximate surface area is 157 Å². The third-order valence-corrected chi connectivity index (χ3v) is 4.00. The number of urea groups is 1. The van der Waals surface area contributed by atoms with Crippen molar-refractivity contribution in [1.82, 2.24) is 5.32 Å². The van der Waals surface area contributed by atoms with Crippen LogP contribution < -0.4 is 16.0 Å². The smallest absolute Gasteiger partial charge is 0.326 e. The Morgan fingerprint density at radius 3 is 2.22 bits per heavy atom. The molecule has 7 nitrogen and oxygen atoms in total. The number of rotatable bonds is 6. The van der Waals surface area contributed by atoms with Crippen molar-refractivity contribution in [2.45, 2.75) is 26.8 Å². The van der Waals surface area contributed by atoms with E-state index < -0.39 is 23.9 Å². The van der Waals surface area contributed by atoms with Gasteiger partial charge in [-0.15, -0.1) is 0 Å². The number of para-hydroxylation sites is 1. The fourth-order valence-corrected chi connectivity index (χ4v) is 2.44. The van der Waals surface area contributed by atoms with E-state index >= 15 is 0 Å². The first kappa shape index (κ1) is 20.0. The standard InChI is InChI=1S/C20H23N3O4/c1-12(2)17(19(25)26)23-18(24)14-10-9-13(3)16(11-14)22-20(27)21-15-7-5-4-6-8-15/h4-12,17H,1-3H3,(H,23,24)(H,25,26)(H2,21,22,27)/t17-/m0/s1. The minimum Gasteiger partial charge on any atom is -0.480 e. The molecule has 27 heavy (non-hydrogen) atoms. The zero-order valence-corrected chi connectivity index (χ0v) is 15.4. The van der Waals surface area contributed by atoms with Gasteiger partial charge in [-0.25, -0.2) is 9.59 Å². The van der Waals surface area contributed by atoms with Gasteiger partial charge in [0.2, 0.25) is 0 Å². The molecule has 0 saturated carbocycles. The number of carboxylic acids is 1. The lowest BCUT2D eigenvalue weighted by Gasteiger charge is -2.18. The number of aryl methyl sites for hydroxylation is 1. The van der Waals surface area contributed by atoms with Gasteiger partial charge in [-0.1, -0.05) is 38.1 Å². The Bertz CT molecular complexity index is 834. The minimum atomic E-state index is -1.09. The molecular formula is C20H23N3O4. The predicted octanol–water partition coefficient (Wildman–Crippen LogP) is 3.48. The van der Waals surface area contributed by atoms with E-state index in [0.29, 0.717) is 11.4 Å². The Hall–Kier alpha value is -3.35. The summed E-state index contributed by atoms with van der Waals surface area (Å²) in [6, 6.07) is 12.3. The maximum absolute atomic E-state index is 12.4. The minimum absolute atomic E-state index is 0.258. The molecule has 0 spiro atoms. The molecule has 0 unspecified atom stereocenters.